The average molecular weight is 709 g/mol. The van der Waals surface area contributed by atoms with Crippen LogP contribution in [0.25, 0.3) is 11.2 Å². The number of amides is 1. The lowest BCUT2D eigenvalue weighted by molar-refractivity contribution is -0.129. The highest BCUT2D eigenvalue weighted by atomic mass is 35.5. The molecule has 1 amide bonds. The number of ether oxygens (including phenoxy) is 6. The monoisotopic (exact) mass is 708 g/mol. The summed E-state index contributed by atoms with van der Waals surface area (Å²) in [6.45, 7) is 6.44. The maximum absolute atomic E-state index is 13.4. The first-order chi connectivity index (χ1) is 22.3. The Hall–Kier alpha value is -3.28. The number of aromatic nitrogens is 4. The summed E-state index contributed by atoms with van der Waals surface area (Å²) < 4.78 is 55.7. The second-order valence-corrected chi connectivity index (χ2v) is 13.4. The zero-order valence-electron chi connectivity index (χ0n) is 27.2. The topological polar surface area (TPSA) is 201 Å². The molecule has 3 rings (SSSR count). The summed E-state index contributed by atoms with van der Waals surface area (Å²) in [6, 6.07) is 0.0918. The Balaban J connectivity index is 1.60. The number of halogens is 1. The van der Waals surface area contributed by atoms with E-state index in [9.17, 15) is 18.9 Å². The molecule has 0 unspecified atom stereocenters. The van der Waals surface area contributed by atoms with E-state index in [2.05, 4.69) is 20.3 Å². The van der Waals surface area contributed by atoms with E-state index in [4.69, 9.17) is 49.1 Å². The summed E-state index contributed by atoms with van der Waals surface area (Å²) in [5, 5.41) is 3.37. The molecule has 0 radical (unpaired) electrons. The molecule has 2 aromatic heterocycles. The third-order valence-corrected chi connectivity index (χ3v) is 8.31. The van der Waals surface area contributed by atoms with Crippen LogP contribution in [0.15, 0.2) is 6.33 Å². The Morgan fingerprint density at radius 2 is 1.74 bits per heavy atom. The molecule has 1 saturated heterocycles. The van der Waals surface area contributed by atoms with E-state index < -0.39 is 63.9 Å². The van der Waals surface area contributed by atoms with Gasteiger partial charge in [-0.25, -0.2) is 14.6 Å². The molecule has 1 N–H and O–H groups in total. The van der Waals surface area contributed by atoms with Gasteiger partial charge in [0.2, 0.25) is 24.8 Å². The van der Waals surface area contributed by atoms with E-state index >= 15 is 0 Å². The molecule has 3 heterocycles. The van der Waals surface area contributed by atoms with Gasteiger partial charge in [0.15, 0.2) is 17.0 Å². The number of nitrogens with zero attached hydrogens (tertiary/aromatic N) is 5. The van der Waals surface area contributed by atoms with Gasteiger partial charge in [-0.3, -0.25) is 18.4 Å². The Morgan fingerprint density at radius 1 is 1.11 bits per heavy atom. The minimum absolute atomic E-state index is 0.0626. The normalized spacial score (nSPS) is 15.6. The van der Waals surface area contributed by atoms with Crippen LogP contribution in [0, 0.1) is 0 Å². The highest BCUT2D eigenvalue weighted by Crippen LogP contribution is 2.48. The quantitative estimate of drug-likeness (QED) is 0.101. The Bertz CT molecular complexity index is 1360. The molecule has 0 aromatic carbocycles. The number of fused-ring (bicyclic) bond motifs is 1. The Labute approximate surface area is 277 Å². The first kappa shape index (κ1) is 38.2. The van der Waals surface area contributed by atoms with Crippen LogP contribution in [0.4, 0.5) is 15.4 Å². The number of carbonyl (C=O) groups excluding carboxylic acids is 3. The van der Waals surface area contributed by atoms with Crippen LogP contribution in [-0.2, 0) is 53.4 Å². The number of likely N-dealkylation sites (N-methyl/N-ethyl adjacent to an activating group) is 1. The number of imidazole rings is 1. The van der Waals surface area contributed by atoms with Crippen molar-refractivity contribution in [3.05, 3.63) is 11.6 Å². The number of aryl methyl sites for hydroxylation is 1. The molecular weight excluding hydrogens is 667 g/mol. The number of anilines is 1. The van der Waals surface area contributed by atoms with Gasteiger partial charge >= 0.3 is 19.9 Å². The van der Waals surface area contributed by atoms with E-state index in [-0.39, 0.29) is 17.9 Å². The summed E-state index contributed by atoms with van der Waals surface area (Å²) in [6.07, 6.45) is -1.44. The third-order valence-electron chi connectivity index (χ3n) is 6.48. The molecule has 0 aliphatic carbocycles. The predicted octanol–water partition coefficient (Wildman–Crippen LogP) is 3.81. The zero-order chi connectivity index (χ0) is 34.6. The van der Waals surface area contributed by atoms with Crippen molar-refractivity contribution in [2.24, 2.45) is 0 Å². The summed E-state index contributed by atoms with van der Waals surface area (Å²) in [5.74, 6) is -0.134. The van der Waals surface area contributed by atoms with Crippen molar-refractivity contribution < 1.29 is 56.4 Å². The predicted molar refractivity (Wildman–Crippen MR) is 166 cm³/mol. The maximum atomic E-state index is 13.4. The van der Waals surface area contributed by atoms with Gasteiger partial charge in [0.05, 0.1) is 37.3 Å². The molecule has 0 spiro atoms. The van der Waals surface area contributed by atoms with Crippen molar-refractivity contribution in [3.8, 4) is 0 Å². The smallest absolute Gasteiger partial charge is 0.432 e. The van der Waals surface area contributed by atoms with Crippen LogP contribution in [0.1, 0.15) is 40.5 Å². The highest BCUT2D eigenvalue weighted by molar-refractivity contribution is 7.54. The van der Waals surface area contributed by atoms with Crippen LogP contribution in [-0.4, -0.2) is 121 Å². The molecule has 0 bridgehead atoms. The number of hydrogen-bond donors (Lipinski definition) is 1. The average Bonchev–Trinajstić information content (AvgIpc) is 3.64. The van der Waals surface area contributed by atoms with Gasteiger partial charge in [0.1, 0.15) is 6.16 Å². The van der Waals surface area contributed by atoms with Crippen molar-refractivity contribution in [2.45, 2.75) is 71.4 Å². The fourth-order valence-electron chi connectivity index (χ4n) is 4.18. The molecule has 264 valence electrons. The van der Waals surface area contributed by atoms with Gasteiger partial charge in [-0.05, 0) is 52.1 Å². The summed E-state index contributed by atoms with van der Waals surface area (Å²) in [7, 11) is -1.34. The number of methoxy groups -OCH3 is 1. The lowest BCUT2D eigenvalue weighted by Crippen LogP contribution is -2.37. The molecule has 0 saturated carbocycles. The second-order valence-electron chi connectivity index (χ2n) is 11.0. The van der Waals surface area contributed by atoms with Gasteiger partial charge < -0.3 is 43.2 Å². The molecule has 2 aromatic rings. The van der Waals surface area contributed by atoms with Crippen LogP contribution >= 0.6 is 19.2 Å². The summed E-state index contributed by atoms with van der Waals surface area (Å²) in [5.41, 5.74) is 1.08. The largest absolute Gasteiger partial charge is 0.510 e. The number of hydrogen-bond acceptors (Lipinski definition) is 16. The third kappa shape index (κ3) is 12.7. The van der Waals surface area contributed by atoms with Crippen LogP contribution in [0.3, 0.4) is 0 Å². The number of carbonyl (C=O) groups is 3. The maximum Gasteiger partial charge on any atom is 0.510 e. The van der Waals surface area contributed by atoms with E-state index in [1.165, 1.54) is 19.1 Å². The van der Waals surface area contributed by atoms with Crippen LogP contribution in [0.5, 0.6) is 0 Å². The number of rotatable bonds is 18. The van der Waals surface area contributed by atoms with Gasteiger partial charge in [-0.2, -0.15) is 9.97 Å². The summed E-state index contributed by atoms with van der Waals surface area (Å²) >= 11 is 6.21. The minimum Gasteiger partial charge on any atom is -0.432 e. The van der Waals surface area contributed by atoms with Gasteiger partial charge in [-0.15, -0.1) is 0 Å². The molecule has 1 aliphatic rings. The van der Waals surface area contributed by atoms with Crippen molar-refractivity contribution >= 4 is 54.4 Å². The zero-order valence-corrected chi connectivity index (χ0v) is 28.9. The van der Waals surface area contributed by atoms with Crippen molar-refractivity contribution in [1.29, 1.82) is 0 Å². The first-order valence-electron chi connectivity index (χ1n) is 14.8. The Morgan fingerprint density at radius 3 is 2.30 bits per heavy atom. The molecule has 1 aliphatic heterocycles. The summed E-state index contributed by atoms with van der Waals surface area (Å²) in [4.78, 5) is 50.9. The first-order valence-corrected chi connectivity index (χ1v) is 16.9. The molecule has 20 heteroatoms. The fourth-order valence-corrected chi connectivity index (χ4v) is 5.60. The van der Waals surface area contributed by atoms with E-state index in [0.29, 0.717) is 43.2 Å². The molecule has 18 nitrogen and oxygen atoms in total. The lowest BCUT2D eigenvalue weighted by Gasteiger charge is -2.25. The van der Waals surface area contributed by atoms with Crippen LogP contribution < -0.4 is 5.32 Å². The van der Waals surface area contributed by atoms with Crippen LogP contribution in [0.2, 0.25) is 5.28 Å². The van der Waals surface area contributed by atoms with E-state index in [1.54, 1.807) is 38.6 Å². The van der Waals surface area contributed by atoms with E-state index in [1.807, 2.05) is 0 Å². The molecule has 2 atom stereocenters. The molecule has 47 heavy (non-hydrogen) atoms. The van der Waals surface area contributed by atoms with Gasteiger partial charge in [0, 0.05) is 33.9 Å². The van der Waals surface area contributed by atoms with Crippen molar-refractivity contribution in [1.82, 2.24) is 24.4 Å². The van der Waals surface area contributed by atoms with Crippen molar-refractivity contribution in [3.63, 3.8) is 0 Å². The van der Waals surface area contributed by atoms with Gasteiger partial charge in [-0.1, -0.05) is 0 Å². The Kier molecular flexibility index (Phi) is 14.9. The molecule has 1 fully saturated rings. The van der Waals surface area contributed by atoms with Crippen molar-refractivity contribution in [2.75, 3.05) is 59.0 Å². The molecular formula is C27H42ClN6O12P. The highest BCUT2D eigenvalue weighted by Gasteiger charge is 2.32. The second kappa shape index (κ2) is 18.3. The van der Waals surface area contributed by atoms with E-state index in [0.717, 1.165) is 6.42 Å². The van der Waals surface area contributed by atoms with Gasteiger partial charge in [0.25, 0.3) is 0 Å². The number of nitrogens with one attached hydrogen (secondary N) is 1. The minimum atomic E-state index is -4.32. The lowest BCUT2D eigenvalue weighted by atomic mass is 10.2. The fraction of sp³-hybridized carbons (Fsp3) is 0.704. The SMILES string of the molecule is CO[C@@H](CCn1cnc2c(N[C@H]3CCOC3)nc(Cl)nc21)CN(C)C(=O)CP(=O)(OCOC(=O)OC(C)C)OCOC(=O)OC(C)C. The standard InChI is InChI=1S/C27H42ClN6O12P/c1-17(2)45-26(36)41-15-43-47(38,44-16-42-27(37)46-18(3)4)13-21(35)33(5)11-20(39-6)7-9-34-14-29-22-23(30-19-8-10-40-12-19)31-25(28)32-24(22)34/h14,17-20H,7-13,15-16H2,1-6H3,(H,30,31,32)/t19-,20-/m0/s1.